The van der Waals surface area contributed by atoms with Crippen molar-refractivity contribution in [3.05, 3.63) is 48.5 Å². The maximum absolute atomic E-state index is 12.0. The quantitative estimate of drug-likeness (QED) is 0.687. The van der Waals surface area contributed by atoms with Crippen LogP contribution in [0.4, 0.5) is 10.5 Å². The van der Waals surface area contributed by atoms with Crippen LogP contribution in [0.1, 0.15) is 6.92 Å². The summed E-state index contributed by atoms with van der Waals surface area (Å²) >= 11 is 1.59. The summed E-state index contributed by atoms with van der Waals surface area (Å²) in [5, 5.41) is 15.4. The molecule has 0 aliphatic heterocycles. The Morgan fingerprint density at radius 3 is 2.74 bits per heavy atom. The summed E-state index contributed by atoms with van der Waals surface area (Å²) in [5.41, 5.74) is 2.51. The second-order valence-corrected chi connectivity index (χ2v) is 6.25. The minimum Gasteiger partial charge on any atom is -0.394 e. The fraction of sp³-hybridized carbons (Fsp3) is 0.176. The Balaban J connectivity index is 1.90. The molecule has 0 spiro atoms. The van der Waals surface area contributed by atoms with Gasteiger partial charge in [0.25, 0.3) is 0 Å². The number of aliphatic hydroxyl groups is 1. The van der Waals surface area contributed by atoms with E-state index in [-0.39, 0.29) is 18.7 Å². The number of carbonyl (C=O) groups is 1. The van der Waals surface area contributed by atoms with E-state index in [2.05, 4.69) is 15.6 Å². The lowest BCUT2D eigenvalue weighted by Crippen LogP contribution is -2.38. The number of thiazole rings is 1. The molecular weight excluding hydrogens is 310 g/mol. The van der Waals surface area contributed by atoms with Gasteiger partial charge in [-0.3, -0.25) is 0 Å². The predicted molar refractivity (Wildman–Crippen MR) is 93.8 cm³/mol. The molecule has 5 nitrogen and oxygen atoms in total. The number of rotatable bonds is 4. The molecule has 3 rings (SSSR count). The normalized spacial score (nSPS) is 12.1. The highest BCUT2D eigenvalue weighted by molar-refractivity contribution is 7.21. The number of fused-ring (bicyclic) bond motifs is 1. The van der Waals surface area contributed by atoms with Gasteiger partial charge < -0.3 is 15.7 Å². The molecule has 1 aromatic heterocycles. The Bertz CT molecular complexity index is 798. The maximum Gasteiger partial charge on any atom is 0.319 e. The summed E-state index contributed by atoms with van der Waals surface area (Å²) in [6.07, 6.45) is 0. The second kappa shape index (κ2) is 6.76. The van der Waals surface area contributed by atoms with Gasteiger partial charge in [0.2, 0.25) is 0 Å². The van der Waals surface area contributed by atoms with E-state index in [1.807, 2.05) is 48.5 Å². The van der Waals surface area contributed by atoms with Crippen molar-refractivity contribution in [2.24, 2.45) is 0 Å². The molecule has 1 heterocycles. The van der Waals surface area contributed by atoms with Crippen LogP contribution < -0.4 is 10.6 Å². The summed E-state index contributed by atoms with van der Waals surface area (Å²) in [6, 6.07) is 14.8. The zero-order valence-corrected chi connectivity index (χ0v) is 13.4. The first-order valence-corrected chi connectivity index (χ1v) is 8.12. The van der Waals surface area contributed by atoms with Crippen LogP contribution in [0.2, 0.25) is 0 Å². The molecule has 1 atom stereocenters. The van der Waals surface area contributed by atoms with Crippen LogP contribution in [0.25, 0.3) is 20.8 Å². The van der Waals surface area contributed by atoms with E-state index in [4.69, 9.17) is 5.11 Å². The standard InChI is InChI=1S/C17H17N3O2S/c1-11(10-21)18-17(22)20-13-7-3-2-6-12(13)16-19-14-8-4-5-9-15(14)23-16/h2-9,11,21H,10H2,1H3,(H2,18,20,22)/t11-/m0/s1. The Hall–Kier alpha value is -2.44. The van der Waals surface area contributed by atoms with E-state index < -0.39 is 0 Å². The molecule has 0 aliphatic carbocycles. The number of carbonyl (C=O) groups excluding carboxylic acids is 1. The van der Waals surface area contributed by atoms with Gasteiger partial charge in [-0.05, 0) is 31.2 Å². The molecule has 2 aromatic carbocycles. The Morgan fingerprint density at radius 1 is 1.22 bits per heavy atom. The highest BCUT2D eigenvalue weighted by Crippen LogP contribution is 2.34. The molecule has 6 heteroatoms. The van der Waals surface area contributed by atoms with Crippen molar-refractivity contribution in [1.82, 2.24) is 10.3 Å². The third-order valence-electron chi connectivity index (χ3n) is 3.35. The van der Waals surface area contributed by atoms with Crippen LogP contribution >= 0.6 is 11.3 Å². The SMILES string of the molecule is C[C@@H](CO)NC(=O)Nc1ccccc1-c1nc2ccccc2s1. The molecular formula is C17H17N3O2S. The fourth-order valence-electron chi connectivity index (χ4n) is 2.19. The van der Waals surface area contributed by atoms with Gasteiger partial charge in [-0.15, -0.1) is 11.3 Å². The number of aliphatic hydroxyl groups excluding tert-OH is 1. The van der Waals surface area contributed by atoms with Gasteiger partial charge in [-0.1, -0.05) is 24.3 Å². The second-order valence-electron chi connectivity index (χ2n) is 5.21. The van der Waals surface area contributed by atoms with Crippen LogP contribution in [0.5, 0.6) is 0 Å². The molecule has 0 saturated heterocycles. The largest absolute Gasteiger partial charge is 0.394 e. The lowest BCUT2D eigenvalue weighted by atomic mass is 10.2. The molecule has 0 unspecified atom stereocenters. The third kappa shape index (κ3) is 3.49. The lowest BCUT2D eigenvalue weighted by Gasteiger charge is -2.13. The summed E-state index contributed by atoms with van der Waals surface area (Å²) < 4.78 is 1.11. The zero-order valence-electron chi connectivity index (χ0n) is 12.6. The number of nitrogens with zero attached hydrogens (tertiary/aromatic N) is 1. The number of para-hydroxylation sites is 2. The van der Waals surface area contributed by atoms with Crippen molar-refractivity contribution in [3.8, 4) is 10.6 Å². The molecule has 3 aromatic rings. The Morgan fingerprint density at radius 2 is 1.96 bits per heavy atom. The molecule has 0 aliphatic rings. The number of urea groups is 1. The van der Waals surface area contributed by atoms with Crippen molar-refractivity contribution < 1.29 is 9.90 Å². The Kier molecular flexibility index (Phi) is 4.55. The number of benzene rings is 2. The van der Waals surface area contributed by atoms with Gasteiger partial charge >= 0.3 is 6.03 Å². The third-order valence-corrected chi connectivity index (χ3v) is 4.42. The van der Waals surface area contributed by atoms with Crippen molar-refractivity contribution in [2.75, 3.05) is 11.9 Å². The average Bonchev–Trinajstić information content (AvgIpc) is 2.99. The molecule has 23 heavy (non-hydrogen) atoms. The number of hydrogen-bond donors (Lipinski definition) is 3. The summed E-state index contributed by atoms with van der Waals surface area (Å²) in [6.45, 7) is 1.63. The highest BCUT2D eigenvalue weighted by atomic mass is 32.1. The van der Waals surface area contributed by atoms with Crippen LogP contribution in [0, 0.1) is 0 Å². The molecule has 118 valence electrons. The van der Waals surface area contributed by atoms with Crippen LogP contribution in [0.15, 0.2) is 48.5 Å². The van der Waals surface area contributed by atoms with Crippen LogP contribution in [-0.2, 0) is 0 Å². The zero-order chi connectivity index (χ0) is 16.2. The first kappa shape index (κ1) is 15.5. The number of anilines is 1. The monoisotopic (exact) mass is 327 g/mol. The molecule has 0 bridgehead atoms. The molecule has 0 radical (unpaired) electrons. The molecule has 0 fully saturated rings. The predicted octanol–water partition coefficient (Wildman–Crippen LogP) is 3.47. The van der Waals surface area contributed by atoms with E-state index in [0.29, 0.717) is 5.69 Å². The van der Waals surface area contributed by atoms with Gasteiger partial charge in [0.15, 0.2) is 0 Å². The molecule has 0 saturated carbocycles. The number of nitrogens with one attached hydrogen (secondary N) is 2. The van der Waals surface area contributed by atoms with Crippen molar-refractivity contribution in [3.63, 3.8) is 0 Å². The first-order valence-electron chi connectivity index (χ1n) is 7.30. The van der Waals surface area contributed by atoms with E-state index in [0.717, 1.165) is 20.8 Å². The van der Waals surface area contributed by atoms with Gasteiger partial charge in [-0.25, -0.2) is 9.78 Å². The van der Waals surface area contributed by atoms with Gasteiger partial charge in [0.05, 0.1) is 28.6 Å². The van der Waals surface area contributed by atoms with E-state index in [9.17, 15) is 4.79 Å². The number of hydrogen-bond acceptors (Lipinski definition) is 4. The van der Waals surface area contributed by atoms with E-state index in [1.54, 1.807) is 18.3 Å². The summed E-state index contributed by atoms with van der Waals surface area (Å²) in [7, 11) is 0. The van der Waals surface area contributed by atoms with Crippen molar-refractivity contribution in [2.45, 2.75) is 13.0 Å². The van der Waals surface area contributed by atoms with Crippen LogP contribution in [-0.4, -0.2) is 28.8 Å². The summed E-state index contributed by atoms with van der Waals surface area (Å²) in [4.78, 5) is 16.6. The van der Waals surface area contributed by atoms with Gasteiger partial charge in [-0.2, -0.15) is 0 Å². The fourth-order valence-corrected chi connectivity index (χ4v) is 3.20. The van der Waals surface area contributed by atoms with Crippen molar-refractivity contribution >= 4 is 33.3 Å². The molecule has 2 amide bonds. The maximum atomic E-state index is 12.0. The lowest BCUT2D eigenvalue weighted by molar-refractivity contribution is 0.229. The van der Waals surface area contributed by atoms with E-state index in [1.165, 1.54) is 0 Å². The first-order chi connectivity index (χ1) is 11.2. The highest BCUT2D eigenvalue weighted by Gasteiger charge is 2.13. The smallest absolute Gasteiger partial charge is 0.319 e. The van der Waals surface area contributed by atoms with Gasteiger partial charge in [0, 0.05) is 5.56 Å². The van der Waals surface area contributed by atoms with E-state index >= 15 is 0 Å². The number of aromatic nitrogens is 1. The summed E-state index contributed by atoms with van der Waals surface area (Å²) in [5.74, 6) is 0. The number of amides is 2. The van der Waals surface area contributed by atoms with Crippen LogP contribution in [0.3, 0.4) is 0 Å². The molecule has 3 N–H and O–H groups in total. The minimum atomic E-state index is -0.347. The Labute approximate surface area is 138 Å². The van der Waals surface area contributed by atoms with Crippen molar-refractivity contribution in [1.29, 1.82) is 0 Å². The minimum absolute atomic E-state index is 0.104. The van der Waals surface area contributed by atoms with Gasteiger partial charge in [0.1, 0.15) is 5.01 Å². The average molecular weight is 327 g/mol. The topological polar surface area (TPSA) is 74.2 Å².